The van der Waals surface area contributed by atoms with Crippen molar-refractivity contribution in [2.24, 2.45) is 17.6 Å². The highest BCUT2D eigenvalue weighted by Crippen LogP contribution is 2.29. The van der Waals surface area contributed by atoms with E-state index >= 15 is 0 Å². The summed E-state index contributed by atoms with van der Waals surface area (Å²) >= 11 is 0. The van der Waals surface area contributed by atoms with Gasteiger partial charge in [0.1, 0.15) is 5.75 Å². The third-order valence-corrected chi connectivity index (χ3v) is 4.20. The molecule has 2 N–H and O–H groups in total. The van der Waals surface area contributed by atoms with E-state index in [0.29, 0.717) is 12.6 Å². The van der Waals surface area contributed by atoms with Crippen molar-refractivity contribution in [2.75, 3.05) is 19.6 Å². The molecule has 0 radical (unpaired) electrons. The van der Waals surface area contributed by atoms with Crippen LogP contribution in [0.5, 0.6) is 5.75 Å². The number of rotatable bonds is 5. The average molecular weight is 290 g/mol. The highest BCUT2D eigenvalue weighted by Gasteiger charge is 2.27. The Morgan fingerprint density at radius 3 is 2.19 bits per heavy atom. The summed E-state index contributed by atoms with van der Waals surface area (Å²) in [6.45, 7) is 11.8. The Hall–Kier alpha value is -1.06. The summed E-state index contributed by atoms with van der Waals surface area (Å²) < 4.78 is 5.72. The molecule has 1 aliphatic heterocycles. The van der Waals surface area contributed by atoms with Crippen molar-refractivity contribution >= 4 is 0 Å². The van der Waals surface area contributed by atoms with E-state index in [0.717, 1.165) is 30.7 Å². The molecule has 1 aromatic rings. The van der Waals surface area contributed by atoms with Crippen LogP contribution >= 0.6 is 0 Å². The summed E-state index contributed by atoms with van der Waals surface area (Å²) in [5.41, 5.74) is 7.37. The van der Waals surface area contributed by atoms with Crippen molar-refractivity contribution < 1.29 is 4.74 Å². The number of benzene rings is 1. The van der Waals surface area contributed by atoms with Gasteiger partial charge in [-0.3, -0.25) is 4.90 Å². The lowest BCUT2D eigenvalue weighted by molar-refractivity contribution is 0.0983. The maximum Gasteiger partial charge on any atom is 0.119 e. The van der Waals surface area contributed by atoms with E-state index in [1.54, 1.807) is 0 Å². The maximum atomic E-state index is 6.07. The van der Waals surface area contributed by atoms with Crippen molar-refractivity contribution in [3.8, 4) is 5.75 Å². The number of hydrogen-bond acceptors (Lipinski definition) is 3. The second kappa shape index (κ2) is 7.28. The fourth-order valence-electron chi connectivity index (χ4n) is 3.50. The van der Waals surface area contributed by atoms with Crippen LogP contribution < -0.4 is 10.5 Å². The molecule has 1 heterocycles. The predicted octanol–water partition coefficient (Wildman–Crippen LogP) is 3.45. The van der Waals surface area contributed by atoms with Gasteiger partial charge >= 0.3 is 0 Å². The van der Waals surface area contributed by atoms with Gasteiger partial charge in [0, 0.05) is 25.7 Å². The quantitative estimate of drug-likeness (QED) is 0.902. The van der Waals surface area contributed by atoms with Gasteiger partial charge in [0.15, 0.2) is 0 Å². The van der Waals surface area contributed by atoms with E-state index in [-0.39, 0.29) is 6.10 Å². The number of hydrogen-bond donors (Lipinski definition) is 1. The fourth-order valence-corrected chi connectivity index (χ4v) is 3.50. The number of piperidine rings is 1. The molecule has 0 spiro atoms. The van der Waals surface area contributed by atoms with Crippen molar-refractivity contribution in [2.45, 2.75) is 46.3 Å². The molecule has 21 heavy (non-hydrogen) atoms. The van der Waals surface area contributed by atoms with E-state index in [9.17, 15) is 0 Å². The Bertz CT molecular complexity index is 419. The second-order valence-electron chi connectivity index (χ2n) is 6.89. The SMILES string of the molecule is CC1CC(C)CN(C(CN)c2ccc(OC(C)C)cc2)C1. The number of nitrogens with two attached hydrogens (primary N) is 1. The average Bonchev–Trinajstić information content (AvgIpc) is 2.40. The molecule has 1 saturated heterocycles. The highest BCUT2D eigenvalue weighted by molar-refractivity contribution is 5.29. The minimum atomic E-state index is 0.213. The van der Waals surface area contributed by atoms with Gasteiger partial charge in [-0.2, -0.15) is 0 Å². The lowest BCUT2D eigenvalue weighted by atomic mass is 9.89. The fraction of sp³-hybridized carbons (Fsp3) is 0.667. The van der Waals surface area contributed by atoms with Crippen molar-refractivity contribution in [3.05, 3.63) is 29.8 Å². The molecule has 0 aromatic heterocycles. The Morgan fingerprint density at radius 2 is 1.71 bits per heavy atom. The van der Waals surface area contributed by atoms with Crippen LogP contribution in [0.1, 0.15) is 45.7 Å². The van der Waals surface area contributed by atoms with E-state index in [1.165, 1.54) is 12.0 Å². The van der Waals surface area contributed by atoms with Crippen molar-refractivity contribution in [1.82, 2.24) is 4.90 Å². The maximum absolute atomic E-state index is 6.07. The first-order chi connectivity index (χ1) is 9.99. The van der Waals surface area contributed by atoms with Crippen LogP contribution in [-0.4, -0.2) is 30.6 Å². The zero-order valence-corrected chi connectivity index (χ0v) is 13.9. The van der Waals surface area contributed by atoms with Gasteiger partial charge in [0.2, 0.25) is 0 Å². The lowest BCUT2D eigenvalue weighted by Gasteiger charge is -2.40. The molecule has 1 aliphatic rings. The number of ether oxygens (including phenoxy) is 1. The van der Waals surface area contributed by atoms with Gasteiger partial charge in [-0.25, -0.2) is 0 Å². The summed E-state index contributed by atoms with van der Waals surface area (Å²) in [7, 11) is 0. The monoisotopic (exact) mass is 290 g/mol. The molecule has 1 fully saturated rings. The van der Waals surface area contributed by atoms with Gasteiger partial charge in [-0.05, 0) is 49.8 Å². The standard InChI is InChI=1S/C18H30N2O/c1-13(2)21-17-7-5-16(6-8-17)18(10-19)20-11-14(3)9-15(4)12-20/h5-8,13-15,18H,9-12,19H2,1-4H3. The Labute approximate surface area is 129 Å². The van der Waals surface area contributed by atoms with Gasteiger partial charge in [-0.15, -0.1) is 0 Å². The molecule has 3 unspecified atom stereocenters. The van der Waals surface area contributed by atoms with Crippen molar-refractivity contribution in [3.63, 3.8) is 0 Å². The van der Waals surface area contributed by atoms with Gasteiger partial charge in [-0.1, -0.05) is 26.0 Å². The zero-order valence-electron chi connectivity index (χ0n) is 13.9. The Kier molecular flexibility index (Phi) is 5.65. The highest BCUT2D eigenvalue weighted by atomic mass is 16.5. The smallest absolute Gasteiger partial charge is 0.119 e. The zero-order chi connectivity index (χ0) is 15.4. The van der Waals surface area contributed by atoms with E-state index in [1.807, 2.05) is 13.8 Å². The minimum absolute atomic E-state index is 0.213. The lowest BCUT2D eigenvalue weighted by Crippen LogP contribution is -2.43. The van der Waals surface area contributed by atoms with Gasteiger partial charge in [0.25, 0.3) is 0 Å². The normalized spacial score (nSPS) is 25.0. The summed E-state index contributed by atoms with van der Waals surface area (Å²) in [4.78, 5) is 2.55. The molecule has 1 aromatic carbocycles. The third kappa shape index (κ3) is 4.45. The van der Waals surface area contributed by atoms with Crippen LogP contribution in [0, 0.1) is 11.8 Å². The summed E-state index contributed by atoms with van der Waals surface area (Å²) in [5, 5.41) is 0. The molecule has 3 heteroatoms. The molecular weight excluding hydrogens is 260 g/mol. The van der Waals surface area contributed by atoms with Gasteiger partial charge < -0.3 is 10.5 Å². The van der Waals surface area contributed by atoms with Crippen LogP contribution in [0.2, 0.25) is 0 Å². The molecular formula is C18H30N2O. The summed E-state index contributed by atoms with van der Waals surface area (Å²) in [5.74, 6) is 2.45. The predicted molar refractivity (Wildman–Crippen MR) is 88.5 cm³/mol. The number of likely N-dealkylation sites (tertiary alicyclic amines) is 1. The molecule has 0 bridgehead atoms. The topological polar surface area (TPSA) is 38.5 Å². The molecule has 0 saturated carbocycles. The van der Waals surface area contributed by atoms with Crippen LogP contribution in [0.3, 0.4) is 0 Å². The molecule has 3 atom stereocenters. The van der Waals surface area contributed by atoms with Crippen LogP contribution in [0.4, 0.5) is 0 Å². The van der Waals surface area contributed by atoms with E-state index in [4.69, 9.17) is 10.5 Å². The second-order valence-corrected chi connectivity index (χ2v) is 6.89. The first kappa shape index (κ1) is 16.3. The first-order valence-electron chi connectivity index (χ1n) is 8.20. The molecule has 0 amide bonds. The third-order valence-electron chi connectivity index (χ3n) is 4.20. The minimum Gasteiger partial charge on any atom is -0.491 e. The van der Waals surface area contributed by atoms with E-state index in [2.05, 4.69) is 43.0 Å². The first-order valence-corrected chi connectivity index (χ1v) is 8.20. The molecule has 2 rings (SSSR count). The van der Waals surface area contributed by atoms with Gasteiger partial charge in [0.05, 0.1) is 6.10 Å². The van der Waals surface area contributed by atoms with Crippen molar-refractivity contribution in [1.29, 1.82) is 0 Å². The summed E-state index contributed by atoms with van der Waals surface area (Å²) in [6, 6.07) is 8.78. The molecule has 3 nitrogen and oxygen atoms in total. The number of nitrogens with zero attached hydrogens (tertiary/aromatic N) is 1. The largest absolute Gasteiger partial charge is 0.491 e. The van der Waals surface area contributed by atoms with Crippen LogP contribution in [-0.2, 0) is 0 Å². The van der Waals surface area contributed by atoms with Crippen LogP contribution in [0.25, 0.3) is 0 Å². The summed E-state index contributed by atoms with van der Waals surface area (Å²) in [6.07, 6.45) is 1.54. The Balaban J connectivity index is 2.09. The molecule has 118 valence electrons. The van der Waals surface area contributed by atoms with Crippen LogP contribution in [0.15, 0.2) is 24.3 Å². The molecule has 0 aliphatic carbocycles. The van der Waals surface area contributed by atoms with E-state index < -0.39 is 0 Å². The Morgan fingerprint density at radius 1 is 1.14 bits per heavy atom.